The molecule has 0 aliphatic rings. The zero-order valence-corrected chi connectivity index (χ0v) is 26.1. The topological polar surface area (TPSA) is 207 Å². The maximum absolute atomic E-state index is 10.5. The Morgan fingerprint density at radius 2 is 0.688 bits per heavy atom. The van der Waals surface area contributed by atoms with Gasteiger partial charge in [0.05, 0.1) is 6.61 Å². The molecule has 0 aromatic heterocycles. The molecule has 2 amide bonds. The molecule has 15 heteroatoms. The Labute approximate surface area is 291 Å². The first-order valence-corrected chi connectivity index (χ1v) is 13.1. The first kappa shape index (κ1) is 70.5. The molecular formula is C33H72N2O13. The zero-order valence-electron chi connectivity index (χ0n) is 26.1. The van der Waals surface area contributed by atoms with Gasteiger partial charge < -0.3 is 39.1 Å². The van der Waals surface area contributed by atoms with Gasteiger partial charge in [0.15, 0.2) is 0 Å². The highest BCUT2D eigenvalue weighted by Crippen LogP contribution is 1.90. The van der Waals surface area contributed by atoms with Crippen LogP contribution in [0.2, 0.25) is 0 Å². The number of Topliss-reactive ketones (excluding diaryl/α,β-unsaturated/α-hetero) is 2. The van der Waals surface area contributed by atoms with Crippen LogP contribution in [0.3, 0.4) is 0 Å². The summed E-state index contributed by atoms with van der Waals surface area (Å²) in [4.78, 5) is 81.9. The van der Waals surface area contributed by atoms with Crippen LogP contribution in [-0.4, -0.2) is 100.0 Å². The van der Waals surface area contributed by atoms with Crippen molar-refractivity contribution in [1.29, 1.82) is 0 Å². The molecule has 0 heterocycles. The summed E-state index contributed by atoms with van der Waals surface area (Å²) >= 11 is 0. The Hall–Kier alpha value is -3.88. The third kappa shape index (κ3) is 104. The molecule has 0 aliphatic carbocycles. The second-order valence-electron chi connectivity index (χ2n) is 8.20. The molecule has 0 aliphatic heterocycles. The van der Waals surface area contributed by atoms with E-state index in [1.54, 1.807) is 6.92 Å². The number of ether oxygens (including phenoxy) is 5. The monoisotopic (exact) mass is 705 g/mol. The van der Waals surface area contributed by atoms with E-state index in [1.165, 1.54) is 48.5 Å². The van der Waals surface area contributed by atoms with E-state index in [4.69, 9.17) is 4.74 Å². The summed E-state index contributed by atoms with van der Waals surface area (Å²) < 4.78 is 23.1. The lowest BCUT2D eigenvalue weighted by atomic mass is 10.2. The lowest BCUT2D eigenvalue weighted by Gasteiger charge is -2.03. The van der Waals surface area contributed by atoms with Gasteiger partial charge in [-0.15, -0.1) is 0 Å². The van der Waals surface area contributed by atoms with E-state index >= 15 is 0 Å². The summed E-state index contributed by atoms with van der Waals surface area (Å²) in [6.07, 6.45) is 1.76. The van der Waals surface area contributed by atoms with Crippen molar-refractivity contribution in [3.8, 4) is 0 Å². The van der Waals surface area contributed by atoms with Crippen molar-refractivity contribution >= 4 is 47.3 Å². The average Bonchev–Trinajstić information content (AvgIpc) is 2.84. The molecule has 0 rings (SSSR count). The van der Waals surface area contributed by atoms with Crippen molar-refractivity contribution in [3.63, 3.8) is 0 Å². The van der Waals surface area contributed by atoms with Gasteiger partial charge in [-0.1, -0.05) is 44.6 Å². The van der Waals surface area contributed by atoms with Crippen LogP contribution in [0.1, 0.15) is 119 Å². The highest BCUT2D eigenvalue weighted by molar-refractivity contribution is 5.77. The fourth-order valence-corrected chi connectivity index (χ4v) is 1.98. The van der Waals surface area contributed by atoms with Gasteiger partial charge >= 0.3 is 23.9 Å². The Bertz CT molecular complexity index is 721. The van der Waals surface area contributed by atoms with Gasteiger partial charge in [-0.2, -0.15) is 0 Å². The van der Waals surface area contributed by atoms with Crippen LogP contribution >= 0.6 is 0 Å². The smallest absolute Gasteiger partial charge is 0.302 e. The van der Waals surface area contributed by atoms with Crippen molar-refractivity contribution in [2.24, 2.45) is 0 Å². The number of hydrogen-bond donors (Lipinski definition) is 2. The van der Waals surface area contributed by atoms with Gasteiger partial charge in [0.1, 0.15) is 38.0 Å². The summed E-state index contributed by atoms with van der Waals surface area (Å²) in [5.74, 6) is -1.32. The van der Waals surface area contributed by atoms with Crippen molar-refractivity contribution in [2.45, 2.75) is 119 Å². The molecule has 0 aromatic rings. The molecule has 0 atom stereocenters. The summed E-state index contributed by atoms with van der Waals surface area (Å²) in [6.45, 7) is 13.8. The molecule has 48 heavy (non-hydrogen) atoms. The maximum atomic E-state index is 10.5. The molecule has 0 spiro atoms. The Kier molecular flexibility index (Phi) is 77.3. The number of hydrogen-bond acceptors (Lipinski definition) is 13. The van der Waals surface area contributed by atoms with Crippen LogP contribution in [0, 0.1) is 0 Å². The van der Waals surface area contributed by atoms with Gasteiger partial charge in [-0.3, -0.25) is 33.6 Å². The third-order valence-corrected chi connectivity index (χ3v) is 3.68. The standard InChI is InChI=1S/C9H17NO3.C6H11NO2.2C6H10O4.6CH4/c1-8(11)4-3-6-13-7-5-10-9(2)12;1-5(8)3-4-7-6(2)9;2*1-5(7)9-3-4-10-6(2)8;;;;;;/h3-7H2,1-2H3,(H,10,12);3-4H2,1-2H3,(H,7,9);2*3-4H2,1-2H3;6*1H4. The molecular weight excluding hydrogens is 632 g/mol. The van der Waals surface area contributed by atoms with E-state index in [0.717, 1.165) is 6.42 Å². The van der Waals surface area contributed by atoms with Crippen LogP contribution in [0.4, 0.5) is 0 Å². The SMILES string of the molecule is C.C.C.C.C.C.CC(=O)CCCOCCNC(C)=O.CC(=O)CCNC(C)=O.CC(=O)OCCOC(C)=O.CC(=O)OCCOC(C)=O. The van der Waals surface area contributed by atoms with E-state index in [9.17, 15) is 38.4 Å². The Morgan fingerprint density at radius 1 is 0.396 bits per heavy atom. The molecule has 2 N–H and O–H groups in total. The van der Waals surface area contributed by atoms with E-state index in [2.05, 4.69) is 29.6 Å². The van der Waals surface area contributed by atoms with E-state index in [0.29, 0.717) is 39.1 Å². The minimum Gasteiger partial charge on any atom is -0.462 e. The third-order valence-electron chi connectivity index (χ3n) is 3.68. The number of carbonyl (C=O) groups excluding carboxylic acids is 8. The summed E-state index contributed by atoms with van der Waals surface area (Å²) in [6, 6.07) is 0. The van der Waals surface area contributed by atoms with Crippen LogP contribution in [0.25, 0.3) is 0 Å². The fraction of sp³-hybridized carbons (Fsp3) is 0.758. The molecule has 292 valence electrons. The van der Waals surface area contributed by atoms with Gasteiger partial charge in [0.25, 0.3) is 0 Å². The number of amides is 2. The van der Waals surface area contributed by atoms with Crippen LogP contribution < -0.4 is 10.6 Å². The predicted molar refractivity (Wildman–Crippen MR) is 190 cm³/mol. The lowest BCUT2D eigenvalue weighted by molar-refractivity contribution is -0.149. The zero-order chi connectivity index (χ0) is 33.3. The average molecular weight is 705 g/mol. The summed E-state index contributed by atoms with van der Waals surface area (Å²) in [5, 5.41) is 5.13. The van der Waals surface area contributed by atoms with E-state index in [1.807, 2.05) is 0 Å². The van der Waals surface area contributed by atoms with Crippen molar-refractivity contribution in [1.82, 2.24) is 10.6 Å². The quantitative estimate of drug-likeness (QED) is 0.128. The first-order valence-electron chi connectivity index (χ1n) is 13.1. The van der Waals surface area contributed by atoms with Gasteiger partial charge in [-0.25, -0.2) is 0 Å². The summed E-state index contributed by atoms with van der Waals surface area (Å²) in [7, 11) is 0. The number of esters is 4. The Balaban J connectivity index is -0.0000000485. The minimum absolute atomic E-state index is 0. The molecule has 0 fully saturated rings. The number of ketones is 2. The van der Waals surface area contributed by atoms with Crippen LogP contribution in [0.5, 0.6) is 0 Å². The molecule has 0 aromatic carbocycles. The minimum atomic E-state index is -0.368. The normalized spacial score (nSPS) is 7.83. The number of carbonyl (C=O) groups is 8. The second-order valence-corrected chi connectivity index (χ2v) is 8.20. The molecule has 0 radical (unpaired) electrons. The van der Waals surface area contributed by atoms with E-state index in [-0.39, 0.29) is 118 Å². The summed E-state index contributed by atoms with van der Waals surface area (Å²) in [5.41, 5.74) is 0. The van der Waals surface area contributed by atoms with Gasteiger partial charge in [0.2, 0.25) is 11.8 Å². The van der Waals surface area contributed by atoms with Crippen LogP contribution in [-0.2, 0) is 62.0 Å². The molecule has 0 saturated carbocycles. The molecule has 15 nitrogen and oxygen atoms in total. The Morgan fingerprint density at radius 3 is 0.938 bits per heavy atom. The van der Waals surface area contributed by atoms with Crippen molar-refractivity contribution in [2.75, 3.05) is 52.7 Å². The highest BCUT2D eigenvalue weighted by atomic mass is 16.6. The van der Waals surface area contributed by atoms with Crippen LogP contribution in [0.15, 0.2) is 0 Å². The number of nitrogens with one attached hydrogen (secondary N) is 2. The second kappa shape index (κ2) is 52.6. The molecule has 0 bridgehead atoms. The fourth-order valence-electron chi connectivity index (χ4n) is 1.98. The van der Waals surface area contributed by atoms with Gasteiger partial charge in [-0.05, 0) is 20.3 Å². The largest absolute Gasteiger partial charge is 0.462 e. The maximum Gasteiger partial charge on any atom is 0.302 e. The molecule has 0 unspecified atom stereocenters. The lowest BCUT2D eigenvalue weighted by Crippen LogP contribution is -2.24. The van der Waals surface area contributed by atoms with E-state index < -0.39 is 0 Å². The first-order chi connectivity index (χ1) is 19.5. The predicted octanol–water partition coefficient (Wildman–Crippen LogP) is 4.65. The van der Waals surface area contributed by atoms with Crippen molar-refractivity contribution in [3.05, 3.63) is 0 Å². The van der Waals surface area contributed by atoms with Gasteiger partial charge in [0, 0.05) is 74.1 Å². The highest BCUT2D eigenvalue weighted by Gasteiger charge is 1.96. The van der Waals surface area contributed by atoms with Crippen molar-refractivity contribution < 1.29 is 62.0 Å². The number of rotatable bonds is 16. The molecule has 0 saturated heterocycles.